The molecule has 0 aromatic heterocycles. The summed E-state index contributed by atoms with van der Waals surface area (Å²) in [5.41, 5.74) is 2.47. The Morgan fingerprint density at radius 1 is 1.32 bits per heavy atom. The number of hydrogen-bond acceptors (Lipinski definition) is 2. The third-order valence-corrected chi connectivity index (χ3v) is 3.57. The van der Waals surface area contributed by atoms with Crippen LogP contribution in [0.5, 0.6) is 5.75 Å². The fraction of sp³-hybridized carbons (Fsp3) is 0.562. The first-order valence-electron chi connectivity index (χ1n) is 7.05. The summed E-state index contributed by atoms with van der Waals surface area (Å²) in [6.07, 6.45) is 4.60. The maximum Gasteiger partial charge on any atom is 0.140 e. The molecule has 0 amide bonds. The lowest BCUT2D eigenvalue weighted by molar-refractivity contribution is -0.120. The minimum absolute atomic E-state index is 0. The van der Waals surface area contributed by atoms with Crippen molar-refractivity contribution in [2.75, 3.05) is 6.61 Å². The summed E-state index contributed by atoms with van der Waals surface area (Å²) in [4.78, 5) is 12.1. The predicted octanol–water partition coefficient (Wildman–Crippen LogP) is 4.30. The van der Waals surface area contributed by atoms with E-state index in [9.17, 15) is 4.79 Å². The van der Waals surface area contributed by atoms with Crippen molar-refractivity contribution in [2.45, 2.75) is 51.9 Å². The molecule has 0 fully saturated rings. The zero-order valence-electron chi connectivity index (χ0n) is 11.8. The number of halogens is 1. The number of hydrogen-bond donors (Lipinski definition) is 0. The van der Waals surface area contributed by atoms with Crippen LogP contribution in [0.1, 0.15) is 56.6 Å². The second-order valence-electron chi connectivity index (χ2n) is 4.98. The molecule has 19 heavy (non-hydrogen) atoms. The summed E-state index contributed by atoms with van der Waals surface area (Å²) in [5.74, 6) is 1.50. The molecule has 0 aliphatic heterocycles. The zero-order valence-corrected chi connectivity index (χ0v) is 12.6. The van der Waals surface area contributed by atoms with Crippen LogP contribution in [-0.2, 0) is 11.2 Å². The molecule has 0 heterocycles. The van der Waals surface area contributed by atoms with Gasteiger partial charge in [0.05, 0.1) is 6.61 Å². The minimum Gasteiger partial charge on any atom is -0.493 e. The molecular weight excluding hydrogens is 260 g/mol. The van der Waals surface area contributed by atoms with E-state index in [-0.39, 0.29) is 18.3 Å². The first-order valence-corrected chi connectivity index (χ1v) is 7.05. The molecule has 106 valence electrons. The summed E-state index contributed by atoms with van der Waals surface area (Å²) in [7, 11) is 0. The number of carbonyl (C=O) groups excluding carboxylic acids is 1. The Hall–Kier alpha value is -1.02. The summed E-state index contributed by atoms with van der Waals surface area (Å²) in [6.45, 7) is 4.93. The van der Waals surface area contributed by atoms with Crippen LogP contribution < -0.4 is 4.74 Å². The lowest BCUT2D eigenvalue weighted by Gasteiger charge is -2.12. The summed E-state index contributed by atoms with van der Waals surface area (Å²) >= 11 is 0. The number of ether oxygens (including phenoxy) is 1. The van der Waals surface area contributed by atoms with Crippen molar-refractivity contribution in [3.05, 3.63) is 29.3 Å². The lowest BCUT2D eigenvalue weighted by atomic mass is 9.94. The maximum atomic E-state index is 12.1. The molecule has 2 rings (SSSR count). The van der Waals surface area contributed by atoms with Crippen molar-refractivity contribution in [1.82, 2.24) is 0 Å². The molecule has 1 aromatic carbocycles. The van der Waals surface area contributed by atoms with Crippen molar-refractivity contribution in [3.8, 4) is 5.75 Å². The molecule has 3 heteroatoms. The Morgan fingerprint density at radius 2 is 2.11 bits per heavy atom. The van der Waals surface area contributed by atoms with Gasteiger partial charge in [0, 0.05) is 12.3 Å². The van der Waals surface area contributed by atoms with Gasteiger partial charge < -0.3 is 4.74 Å². The van der Waals surface area contributed by atoms with Gasteiger partial charge in [0.2, 0.25) is 0 Å². The smallest absolute Gasteiger partial charge is 0.140 e. The van der Waals surface area contributed by atoms with Crippen LogP contribution >= 0.6 is 12.4 Å². The summed E-state index contributed by atoms with van der Waals surface area (Å²) in [6, 6.07) is 6.14. The molecule has 1 aliphatic carbocycles. The van der Waals surface area contributed by atoms with Crippen LogP contribution in [0.4, 0.5) is 0 Å². The number of Topliss-reactive ketones (excluding diaryl/α,β-unsaturated/α-hetero) is 1. The van der Waals surface area contributed by atoms with Crippen LogP contribution in [0.3, 0.4) is 0 Å². The monoisotopic (exact) mass is 282 g/mol. The van der Waals surface area contributed by atoms with Crippen LogP contribution in [0, 0.1) is 0 Å². The van der Waals surface area contributed by atoms with Gasteiger partial charge in [0.15, 0.2) is 0 Å². The molecule has 2 nitrogen and oxygen atoms in total. The molecule has 1 aromatic rings. The molecule has 0 radical (unpaired) electrons. The highest BCUT2D eigenvalue weighted by molar-refractivity contribution is 5.87. The van der Waals surface area contributed by atoms with Crippen molar-refractivity contribution in [2.24, 2.45) is 0 Å². The van der Waals surface area contributed by atoms with Gasteiger partial charge in [-0.2, -0.15) is 0 Å². The Morgan fingerprint density at radius 3 is 2.79 bits per heavy atom. The second kappa shape index (κ2) is 7.54. The first kappa shape index (κ1) is 16.0. The van der Waals surface area contributed by atoms with Crippen LogP contribution in [0.25, 0.3) is 0 Å². The van der Waals surface area contributed by atoms with Crippen molar-refractivity contribution < 1.29 is 9.53 Å². The number of carbonyl (C=O) groups is 1. The van der Waals surface area contributed by atoms with E-state index in [0.29, 0.717) is 12.2 Å². The molecule has 1 atom stereocenters. The van der Waals surface area contributed by atoms with E-state index in [0.717, 1.165) is 38.0 Å². The quantitative estimate of drug-likeness (QED) is 0.778. The number of rotatable bonds is 6. The van der Waals surface area contributed by atoms with E-state index >= 15 is 0 Å². The van der Waals surface area contributed by atoms with Crippen molar-refractivity contribution in [3.63, 3.8) is 0 Å². The largest absolute Gasteiger partial charge is 0.493 e. The van der Waals surface area contributed by atoms with Crippen molar-refractivity contribution in [1.29, 1.82) is 0 Å². The fourth-order valence-electron chi connectivity index (χ4n) is 2.72. The van der Waals surface area contributed by atoms with Crippen LogP contribution in [0.15, 0.2) is 18.2 Å². The highest BCUT2D eigenvalue weighted by Crippen LogP contribution is 2.39. The molecule has 0 N–H and O–H groups in total. The predicted molar refractivity (Wildman–Crippen MR) is 80.5 cm³/mol. The van der Waals surface area contributed by atoms with Gasteiger partial charge in [-0.3, -0.25) is 4.79 Å². The standard InChI is InChI=1S/C16H22O2.ClH/c1-3-6-15(17)13-9-10-14-12(13)7-5-8-16(14)18-11-4-2;/h5,7-8,13H,3-4,6,9-11H2,1-2H3;1H. The van der Waals surface area contributed by atoms with Gasteiger partial charge in [-0.15, -0.1) is 12.4 Å². The molecule has 0 bridgehead atoms. The molecule has 1 aliphatic rings. The van der Waals surface area contributed by atoms with E-state index in [1.807, 2.05) is 12.1 Å². The molecule has 0 saturated heterocycles. The van der Waals surface area contributed by atoms with E-state index in [1.54, 1.807) is 0 Å². The normalized spacial score (nSPS) is 16.6. The Labute approximate surface area is 122 Å². The number of benzene rings is 1. The van der Waals surface area contributed by atoms with E-state index < -0.39 is 0 Å². The van der Waals surface area contributed by atoms with Gasteiger partial charge in [0.25, 0.3) is 0 Å². The summed E-state index contributed by atoms with van der Waals surface area (Å²) < 4.78 is 5.77. The van der Waals surface area contributed by atoms with Crippen LogP contribution in [-0.4, -0.2) is 12.4 Å². The van der Waals surface area contributed by atoms with Gasteiger partial charge >= 0.3 is 0 Å². The first-order chi connectivity index (χ1) is 8.77. The topological polar surface area (TPSA) is 26.3 Å². The van der Waals surface area contributed by atoms with Crippen molar-refractivity contribution >= 4 is 18.2 Å². The van der Waals surface area contributed by atoms with Gasteiger partial charge in [-0.1, -0.05) is 26.0 Å². The molecule has 1 unspecified atom stereocenters. The Kier molecular flexibility index (Phi) is 6.36. The van der Waals surface area contributed by atoms with Gasteiger partial charge in [-0.25, -0.2) is 0 Å². The lowest BCUT2D eigenvalue weighted by Crippen LogP contribution is -2.09. The minimum atomic E-state index is 0. The third kappa shape index (κ3) is 3.50. The Balaban J connectivity index is 0.00000180. The third-order valence-electron chi connectivity index (χ3n) is 3.57. The van der Waals surface area contributed by atoms with E-state index in [2.05, 4.69) is 19.9 Å². The van der Waals surface area contributed by atoms with E-state index in [4.69, 9.17) is 4.74 Å². The molecular formula is C16H23ClO2. The van der Waals surface area contributed by atoms with Crippen LogP contribution in [0.2, 0.25) is 0 Å². The number of fused-ring (bicyclic) bond motifs is 1. The SMILES string of the molecule is CCCOc1cccc2c1CCC2C(=O)CCC.Cl. The average molecular weight is 283 g/mol. The van der Waals surface area contributed by atoms with Gasteiger partial charge in [-0.05, 0) is 42.9 Å². The second-order valence-corrected chi connectivity index (χ2v) is 4.98. The van der Waals surface area contributed by atoms with Gasteiger partial charge in [0.1, 0.15) is 11.5 Å². The van der Waals surface area contributed by atoms with E-state index in [1.165, 1.54) is 11.1 Å². The Bertz CT molecular complexity index is 429. The zero-order chi connectivity index (χ0) is 13.0. The average Bonchev–Trinajstić information content (AvgIpc) is 2.81. The molecule has 0 spiro atoms. The summed E-state index contributed by atoms with van der Waals surface area (Å²) in [5, 5.41) is 0. The number of ketones is 1. The maximum absolute atomic E-state index is 12.1. The molecule has 0 saturated carbocycles. The fourth-order valence-corrected chi connectivity index (χ4v) is 2.72. The highest BCUT2D eigenvalue weighted by Gasteiger charge is 2.29. The highest BCUT2D eigenvalue weighted by atomic mass is 35.5.